The quantitative estimate of drug-likeness (QED) is 0.0544. The van der Waals surface area contributed by atoms with E-state index in [2.05, 4.69) is 88.1 Å². The van der Waals surface area contributed by atoms with Crippen molar-refractivity contribution in [3.05, 3.63) is 87.5 Å². The van der Waals surface area contributed by atoms with E-state index < -0.39 is 0 Å². The summed E-state index contributed by atoms with van der Waals surface area (Å²) < 4.78 is 1.50. The molecular formula is C47H70N2. The van der Waals surface area contributed by atoms with E-state index >= 15 is 0 Å². The molecule has 1 aliphatic heterocycles. The van der Waals surface area contributed by atoms with Gasteiger partial charge in [-0.15, -0.1) is 0 Å². The standard InChI is InChI=1S/C47H70N2/c1-5-9-13-14-15-16-17-18-19-20-21-22-23-24-27-37-45-44(36-12-8-4)46(42-34-28-32-40(38-42)30-25-10-6-2)49(48)47(45)43-35-29-33-41(39-43)31-26-11-7-3/h28-29,32-35,38-39H,5-26,30-31,36H2,1-4H3. The summed E-state index contributed by atoms with van der Waals surface area (Å²) in [6.45, 7) is 9.07. The van der Waals surface area contributed by atoms with Crippen LogP contribution in [0, 0.1) is 11.8 Å². The van der Waals surface area contributed by atoms with E-state index in [1.165, 1.54) is 137 Å². The Labute approximate surface area is 302 Å². The minimum absolute atomic E-state index is 0.868. The minimum atomic E-state index is 0.868. The molecule has 2 aromatic carbocycles. The molecule has 1 aliphatic rings. The zero-order valence-electron chi connectivity index (χ0n) is 32.2. The fourth-order valence-electron chi connectivity index (χ4n) is 7.19. The highest BCUT2D eigenvalue weighted by molar-refractivity contribution is 5.85. The minimum Gasteiger partial charge on any atom is -0.493 e. The third-order valence-electron chi connectivity index (χ3n) is 10.2. The Morgan fingerprint density at radius 1 is 0.490 bits per heavy atom. The Morgan fingerprint density at radius 2 is 0.939 bits per heavy atom. The van der Waals surface area contributed by atoms with E-state index in [0.717, 1.165) is 73.0 Å². The predicted molar refractivity (Wildman–Crippen MR) is 214 cm³/mol. The molecule has 2 aromatic rings. The van der Waals surface area contributed by atoms with Crippen LogP contribution in [-0.4, -0.2) is 4.70 Å². The Balaban J connectivity index is 1.76. The second kappa shape index (κ2) is 25.1. The largest absolute Gasteiger partial charge is 0.493 e. The lowest BCUT2D eigenvalue weighted by atomic mass is 9.94. The third kappa shape index (κ3) is 14.5. The number of benzene rings is 2. The number of hydrogen-bond donors (Lipinski definition) is 0. The van der Waals surface area contributed by atoms with Gasteiger partial charge in [0.15, 0.2) is 0 Å². The molecule has 0 bridgehead atoms. The Kier molecular flexibility index (Phi) is 20.7. The van der Waals surface area contributed by atoms with Crippen molar-refractivity contribution < 1.29 is 4.70 Å². The highest BCUT2D eigenvalue weighted by atomic mass is 15.2. The summed E-state index contributed by atoms with van der Waals surface area (Å²) in [5.41, 5.74) is 21.0. The maximum absolute atomic E-state index is 12.1. The van der Waals surface area contributed by atoms with Gasteiger partial charge in [-0.2, -0.15) is 0 Å². The molecule has 268 valence electrons. The average Bonchev–Trinajstić information content (AvgIpc) is 3.39. The van der Waals surface area contributed by atoms with Gasteiger partial charge in [-0.1, -0.05) is 173 Å². The van der Waals surface area contributed by atoms with Crippen LogP contribution in [0.3, 0.4) is 0 Å². The normalized spacial score (nSPS) is 13.0. The number of hydrogen-bond acceptors (Lipinski definition) is 0. The number of nitrogens with zero attached hydrogens (tertiary/aromatic N) is 2. The molecule has 0 spiro atoms. The molecule has 2 heteroatoms. The van der Waals surface area contributed by atoms with Gasteiger partial charge in [-0.25, -0.2) is 4.70 Å². The highest BCUT2D eigenvalue weighted by Crippen LogP contribution is 2.42. The van der Waals surface area contributed by atoms with Crippen molar-refractivity contribution >= 4 is 11.4 Å². The molecule has 0 radical (unpaired) electrons. The fourth-order valence-corrected chi connectivity index (χ4v) is 7.19. The molecule has 0 saturated heterocycles. The number of allylic oxidation sites excluding steroid dienone is 2. The van der Waals surface area contributed by atoms with Gasteiger partial charge in [-0.05, 0) is 80.3 Å². The van der Waals surface area contributed by atoms with E-state index in [9.17, 15) is 5.53 Å². The summed E-state index contributed by atoms with van der Waals surface area (Å²) in [7, 11) is 0. The number of unbranched alkanes of at least 4 members (excludes halogenated alkanes) is 18. The fraction of sp³-hybridized carbons (Fsp3) is 0.617. The van der Waals surface area contributed by atoms with Crippen LogP contribution < -0.4 is 0 Å². The number of rotatable bonds is 26. The highest BCUT2D eigenvalue weighted by Gasteiger charge is 2.35. The molecule has 0 fully saturated rings. The topological polar surface area (TPSA) is 25.3 Å². The maximum Gasteiger partial charge on any atom is 0.223 e. The van der Waals surface area contributed by atoms with Crippen LogP contribution in [0.15, 0.2) is 59.7 Å². The van der Waals surface area contributed by atoms with Crippen LogP contribution in [0.5, 0.6) is 0 Å². The molecule has 0 saturated carbocycles. The summed E-state index contributed by atoms with van der Waals surface area (Å²) in [5.74, 6) is 7.25. The molecule has 0 atom stereocenters. The van der Waals surface area contributed by atoms with Gasteiger partial charge in [0.05, 0.1) is 0 Å². The summed E-state index contributed by atoms with van der Waals surface area (Å²) in [5, 5.41) is 0. The van der Waals surface area contributed by atoms with Gasteiger partial charge < -0.3 is 5.53 Å². The summed E-state index contributed by atoms with van der Waals surface area (Å²) in [4.78, 5) is 0. The third-order valence-corrected chi connectivity index (χ3v) is 10.2. The first kappa shape index (κ1) is 40.5. The second-order valence-electron chi connectivity index (χ2n) is 14.6. The van der Waals surface area contributed by atoms with Crippen LogP contribution in [0.4, 0.5) is 0 Å². The van der Waals surface area contributed by atoms with Crippen molar-refractivity contribution in [2.75, 3.05) is 0 Å². The molecular weight excluding hydrogens is 593 g/mol. The Morgan fingerprint density at radius 3 is 1.45 bits per heavy atom. The van der Waals surface area contributed by atoms with Crippen molar-refractivity contribution in [1.82, 2.24) is 0 Å². The van der Waals surface area contributed by atoms with Gasteiger partial charge in [0.25, 0.3) is 0 Å². The van der Waals surface area contributed by atoms with Gasteiger partial charge in [0.1, 0.15) is 5.57 Å². The van der Waals surface area contributed by atoms with E-state index in [0.29, 0.717) is 0 Å². The zero-order valence-corrected chi connectivity index (χ0v) is 32.2. The molecule has 0 aromatic heterocycles. The van der Waals surface area contributed by atoms with Crippen LogP contribution >= 0.6 is 0 Å². The van der Waals surface area contributed by atoms with Crippen LogP contribution in [0.1, 0.15) is 198 Å². The first-order valence-corrected chi connectivity index (χ1v) is 20.8. The van der Waals surface area contributed by atoms with Crippen molar-refractivity contribution in [3.63, 3.8) is 0 Å². The monoisotopic (exact) mass is 663 g/mol. The van der Waals surface area contributed by atoms with Crippen molar-refractivity contribution in [2.24, 2.45) is 0 Å². The molecule has 49 heavy (non-hydrogen) atoms. The lowest BCUT2D eigenvalue weighted by molar-refractivity contribution is -0.345. The molecule has 2 nitrogen and oxygen atoms in total. The summed E-state index contributed by atoms with van der Waals surface area (Å²) in [6, 6.07) is 17.8. The summed E-state index contributed by atoms with van der Waals surface area (Å²) in [6.07, 6.45) is 31.3. The predicted octanol–water partition coefficient (Wildman–Crippen LogP) is 15.0. The molecule has 1 heterocycles. The zero-order chi connectivity index (χ0) is 34.9. The van der Waals surface area contributed by atoms with Crippen molar-refractivity contribution in [1.29, 1.82) is 0 Å². The van der Waals surface area contributed by atoms with Crippen molar-refractivity contribution in [3.8, 4) is 11.8 Å². The van der Waals surface area contributed by atoms with E-state index in [1.807, 2.05) is 0 Å². The first-order chi connectivity index (χ1) is 24.1. The first-order valence-electron chi connectivity index (χ1n) is 20.8. The molecule has 3 rings (SSSR count). The smallest absolute Gasteiger partial charge is 0.223 e. The van der Waals surface area contributed by atoms with Crippen molar-refractivity contribution in [2.45, 2.75) is 188 Å². The summed E-state index contributed by atoms with van der Waals surface area (Å²) >= 11 is 0. The Bertz CT molecular complexity index is 1360. The average molecular weight is 663 g/mol. The second-order valence-corrected chi connectivity index (χ2v) is 14.6. The van der Waals surface area contributed by atoms with Gasteiger partial charge in [0, 0.05) is 23.1 Å². The number of aryl methyl sites for hydroxylation is 2. The maximum atomic E-state index is 12.1. The van der Waals surface area contributed by atoms with Crippen LogP contribution in [-0.2, 0) is 12.8 Å². The molecule has 0 N–H and O–H groups in total. The Hall–Kier alpha value is -2.92. The van der Waals surface area contributed by atoms with Crippen LogP contribution in [0.25, 0.3) is 16.9 Å². The lowest BCUT2D eigenvalue weighted by Gasteiger charge is -2.11. The molecule has 0 unspecified atom stereocenters. The van der Waals surface area contributed by atoms with E-state index in [1.54, 1.807) is 0 Å². The van der Waals surface area contributed by atoms with Gasteiger partial charge in [-0.3, -0.25) is 0 Å². The molecule has 0 amide bonds. The van der Waals surface area contributed by atoms with E-state index in [4.69, 9.17) is 0 Å². The van der Waals surface area contributed by atoms with Gasteiger partial charge in [0.2, 0.25) is 11.4 Å². The lowest BCUT2D eigenvalue weighted by Crippen LogP contribution is -2.03. The van der Waals surface area contributed by atoms with Crippen LogP contribution in [0.2, 0.25) is 0 Å². The van der Waals surface area contributed by atoms with Gasteiger partial charge >= 0.3 is 0 Å². The SMILES string of the molecule is CCCCCCCCCCCCCCCC#CC1=C(c2cccc(CCCCC)c2)[N+](=[N-])C(c2cccc(CCCCC)c2)=C1CCCC. The molecule has 0 aliphatic carbocycles. The van der Waals surface area contributed by atoms with E-state index in [-0.39, 0.29) is 0 Å².